The minimum absolute atomic E-state index is 0.00696. The zero-order valence-corrected chi connectivity index (χ0v) is 15.8. The number of alkyl halides is 3. The third-order valence-electron chi connectivity index (χ3n) is 3.38. The van der Waals surface area contributed by atoms with Gasteiger partial charge < -0.3 is 10.1 Å². The van der Waals surface area contributed by atoms with Gasteiger partial charge in [-0.1, -0.05) is 0 Å². The van der Waals surface area contributed by atoms with E-state index >= 15 is 0 Å². The quantitative estimate of drug-likeness (QED) is 0.428. The second-order valence-corrected chi connectivity index (χ2v) is 6.20. The monoisotopic (exact) mass is 486 g/mol. The van der Waals surface area contributed by atoms with Crippen molar-refractivity contribution in [3.63, 3.8) is 0 Å². The standard InChI is InChI=1S/C18H5BrF6N4O/c19-11-3-10(20)4-14(29-15(7-28)8(5-26)6-27)16(11)30-17-12(21)1-9(2-13(17)22)18(23,24)25/h1-4,29H. The summed E-state index contributed by atoms with van der Waals surface area (Å²) in [5.74, 6) is -6.08. The van der Waals surface area contributed by atoms with E-state index in [1.54, 1.807) is 0 Å². The molecule has 2 aromatic carbocycles. The molecule has 0 spiro atoms. The fraction of sp³-hybridized carbons (Fsp3) is 0.0556. The van der Waals surface area contributed by atoms with Crippen LogP contribution in [0.1, 0.15) is 5.56 Å². The van der Waals surface area contributed by atoms with Gasteiger partial charge in [0, 0.05) is 6.07 Å². The lowest BCUT2D eigenvalue weighted by molar-refractivity contribution is -0.138. The Hall–Kier alpha value is -3.69. The number of benzene rings is 2. The van der Waals surface area contributed by atoms with Gasteiger partial charge in [-0.05, 0) is 34.1 Å². The highest BCUT2D eigenvalue weighted by Gasteiger charge is 2.33. The average Bonchev–Trinajstić information content (AvgIpc) is 2.65. The number of allylic oxidation sites excluding steroid dienone is 2. The summed E-state index contributed by atoms with van der Waals surface area (Å²) >= 11 is 2.87. The fourth-order valence-electron chi connectivity index (χ4n) is 2.10. The van der Waals surface area contributed by atoms with Gasteiger partial charge >= 0.3 is 6.18 Å². The molecule has 0 radical (unpaired) electrons. The highest BCUT2D eigenvalue weighted by molar-refractivity contribution is 9.10. The average molecular weight is 487 g/mol. The third kappa shape index (κ3) is 4.83. The van der Waals surface area contributed by atoms with Gasteiger partial charge in [0.25, 0.3) is 0 Å². The minimum atomic E-state index is -5.01. The van der Waals surface area contributed by atoms with Crippen LogP contribution in [0, 0.1) is 51.4 Å². The molecular formula is C18H5BrF6N4O. The Kier molecular flexibility index (Phi) is 6.60. The molecule has 0 heterocycles. The van der Waals surface area contributed by atoms with Gasteiger partial charge in [0.05, 0.1) is 15.7 Å². The van der Waals surface area contributed by atoms with Crippen molar-refractivity contribution in [2.24, 2.45) is 0 Å². The molecule has 30 heavy (non-hydrogen) atoms. The fourth-order valence-corrected chi connectivity index (χ4v) is 2.61. The lowest BCUT2D eigenvalue weighted by Crippen LogP contribution is -2.08. The first-order valence-corrected chi connectivity index (χ1v) is 8.25. The van der Waals surface area contributed by atoms with Crippen LogP contribution in [0.4, 0.5) is 32.0 Å². The second kappa shape index (κ2) is 8.76. The summed E-state index contributed by atoms with van der Waals surface area (Å²) < 4.78 is 84.8. The van der Waals surface area contributed by atoms with Crippen LogP contribution in [0.15, 0.2) is 40.0 Å². The summed E-state index contributed by atoms with van der Waals surface area (Å²) in [6, 6.07) is 5.86. The van der Waals surface area contributed by atoms with E-state index in [0.29, 0.717) is 6.07 Å². The molecule has 0 aliphatic carbocycles. The van der Waals surface area contributed by atoms with Crippen LogP contribution in [0.25, 0.3) is 0 Å². The van der Waals surface area contributed by atoms with Gasteiger partial charge in [0.1, 0.15) is 29.7 Å². The number of ether oxygens (including phenoxy) is 1. The summed E-state index contributed by atoms with van der Waals surface area (Å²) in [4.78, 5) is 0. The molecule has 0 atom stereocenters. The Morgan fingerprint density at radius 3 is 1.93 bits per heavy atom. The molecule has 0 unspecified atom stereocenters. The number of anilines is 1. The maximum Gasteiger partial charge on any atom is 0.416 e. The number of rotatable bonds is 4. The molecule has 152 valence electrons. The van der Waals surface area contributed by atoms with Crippen molar-refractivity contribution in [3.8, 4) is 29.7 Å². The molecule has 0 aliphatic heterocycles. The van der Waals surface area contributed by atoms with E-state index in [1.165, 1.54) is 18.2 Å². The van der Waals surface area contributed by atoms with Gasteiger partial charge in [0.2, 0.25) is 0 Å². The van der Waals surface area contributed by atoms with E-state index in [9.17, 15) is 26.3 Å². The number of hydrogen-bond donors (Lipinski definition) is 1. The predicted molar refractivity (Wildman–Crippen MR) is 93.0 cm³/mol. The van der Waals surface area contributed by atoms with Crippen molar-refractivity contribution in [2.75, 3.05) is 5.32 Å². The van der Waals surface area contributed by atoms with Crippen molar-refractivity contribution < 1.29 is 31.1 Å². The molecule has 2 aromatic rings. The molecule has 0 saturated carbocycles. The van der Waals surface area contributed by atoms with Gasteiger partial charge in [-0.2, -0.15) is 29.0 Å². The van der Waals surface area contributed by atoms with Crippen LogP contribution in [0.2, 0.25) is 0 Å². The van der Waals surface area contributed by atoms with Crippen molar-refractivity contribution in [1.29, 1.82) is 15.8 Å². The molecule has 0 fully saturated rings. The Bertz CT molecular complexity index is 1130. The lowest BCUT2D eigenvalue weighted by Gasteiger charge is -2.16. The maximum absolute atomic E-state index is 14.1. The summed E-state index contributed by atoms with van der Waals surface area (Å²) in [7, 11) is 0. The smallest absolute Gasteiger partial charge is 0.416 e. The molecule has 1 N–H and O–H groups in total. The van der Waals surface area contributed by atoms with Crippen molar-refractivity contribution in [1.82, 2.24) is 0 Å². The van der Waals surface area contributed by atoms with Crippen LogP contribution < -0.4 is 10.1 Å². The third-order valence-corrected chi connectivity index (χ3v) is 3.97. The van der Waals surface area contributed by atoms with Gasteiger partial charge in [0.15, 0.2) is 28.7 Å². The summed E-state index contributed by atoms with van der Waals surface area (Å²) in [5.41, 5.74) is -3.35. The van der Waals surface area contributed by atoms with Crippen LogP contribution in [0.5, 0.6) is 11.5 Å². The van der Waals surface area contributed by atoms with Crippen LogP contribution in [-0.2, 0) is 6.18 Å². The Labute approximate surface area is 173 Å². The topological polar surface area (TPSA) is 92.6 Å². The second-order valence-electron chi connectivity index (χ2n) is 5.34. The Balaban J connectivity index is 2.60. The van der Waals surface area contributed by atoms with E-state index in [0.717, 1.165) is 6.07 Å². The van der Waals surface area contributed by atoms with Crippen LogP contribution >= 0.6 is 15.9 Å². The normalized spacial score (nSPS) is 10.4. The number of nitriles is 3. The molecule has 0 saturated heterocycles. The molecule has 0 aliphatic rings. The Morgan fingerprint density at radius 1 is 0.900 bits per heavy atom. The van der Waals surface area contributed by atoms with Gasteiger partial charge in [-0.3, -0.25) is 0 Å². The SMILES string of the molecule is N#CC(C#N)=C(C#N)Nc1cc(F)cc(Br)c1Oc1c(F)cc(C(F)(F)F)cc1F. The summed E-state index contributed by atoms with van der Waals surface area (Å²) in [5, 5.41) is 29.0. The maximum atomic E-state index is 14.1. The molecule has 12 heteroatoms. The van der Waals surface area contributed by atoms with E-state index in [2.05, 4.69) is 21.2 Å². The van der Waals surface area contributed by atoms with E-state index in [1.807, 2.05) is 0 Å². The number of halogens is 7. The van der Waals surface area contributed by atoms with Gasteiger partial charge in [-0.15, -0.1) is 0 Å². The van der Waals surface area contributed by atoms with Crippen molar-refractivity contribution in [3.05, 3.63) is 63.0 Å². The van der Waals surface area contributed by atoms with E-state index in [-0.39, 0.29) is 16.6 Å². The lowest BCUT2D eigenvalue weighted by atomic mass is 10.2. The highest BCUT2D eigenvalue weighted by Crippen LogP contribution is 2.41. The Morgan fingerprint density at radius 2 is 1.47 bits per heavy atom. The first kappa shape index (κ1) is 22.6. The molecular weight excluding hydrogens is 482 g/mol. The molecule has 5 nitrogen and oxygen atoms in total. The summed E-state index contributed by atoms with van der Waals surface area (Å²) in [6.45, 7) is 0. The minimum Gasteiger partial charge on any atom is -0.448 e. The molecule has 0 bridgehead atoms. The number of hydrogen-bond acceptors (Lipinski definition) is 5. The highest BCUT2D eigenvalue weighted by atomic mass is 79.9. The van der Waals surface area contributed by atoms with Crippen molar-refractivity contribution >= 4 is 21.6 Å². The van der Waals surface area contributed by atoms with Crippen LogP contribution in [0.3, 0.4) is 0 Å². The van der Waals surface area contributed by atoms with Gasteiger partial charge in [-0.25, -0.2) is 13.2 Å². The molecule has 0 aromatic heterocycles. The largest absolute Gasteiger partial charge is 0.448 e. The molecule has 0 amide bonds. The zero-order chi connectivity index (χ0) is 22.6. The molecule has 2 rings (SSSR count). The van der Waals surface area contributed by atoms with E-state index < -0.39 is 57.6 Å². The first-order chi connectivity index (χ1) is 14.0. The summed E-state index contributed by atoms with van der Waals surface area (Å²) in [6.07, 6.45) is -5.01. The zero-order valence-electron chi connectivity index (χ0n) is 14.2. The van der Waals surface area contributed by atoms with E-state index in [4.69, 9.17) is 20.5 Å². The number of nitrogens with zero attached hydrogens (tertiary/aromatic N) is 3. The predicted octanol–water partition coefficient (Wildman–Crippen LogP) is 5.91. The number of nitrogens with one attached hydrogen (secondary N) is 1. The van der Waals surface area contributed by atoms with Crippen molar-refractivity contribution in [2.45, 2.75) is 6.18 Å². The van der Waals surface area contributed by atoms with Crippen LogP contribution in [-0.4, -0.2) is 0 Å². The first-order valence-electron chi connectivity index (χ1n) is 7.46.